The average Bonchev–Trinajstić information content (AvgIpc) is 2.25. The molecule has 8 nitrogen and oxygen atoms in total. The summed E-state index contributed by atoms with van der Waals surface area (Å²) in [5, 5.41) is 47.6. The summed E-state index contributed by atoms with van der Waals surface area (Å²) in [5.41, 5.74) is 0. The SMILES string of the molecule is O=C(O)[C@H](CO)NC1OC[C@H](O)[C@H](O)[C@H]1O. The number of nitrogens with one attached hydrogen (secondary N) is 1. The van der Waals surface area contributed by atoms with Crippen molar-refractivity contribution in [3.63, 3.8) is 0 Å². The fourth-order valence-electron chi connectivity index (χ4n) is 1.35. The Morgan fingerprint density at radius 1 is 1.38 bits per heavy atom. The summed E-state index contributed by atoms with van der Waals surface area (Å²) in [5.74, 6) is -1.31. The second kappa shape index (κ2) is 5.53. The zero-order chi connectivity index (χ0) is 12.3. The summed E-state index contributed by atoms with van der Waals surface area (Å²) in [7, 11) is 0. The minimum atomic E-state index is -1.46. The largest absolute Gasteiger partial charge is 0.480 e. The first-order chi connectivity index (χ1) is 7.47. The van der Waals surface area contributed by atoms with Crippen molar-refractivity contribution in [3.8, 4) is 0 Å². The molecule has 16 heavy (non-hydrogen) atoms. The van der Waals surface area contributed by atoms with Crippen molar-refractivity contribution in [1.82, 2.24) is 5.32 Å². The first-order valence-electron chi connectivity index (χ1n) is 4.73. The summed E-state index contributed by atoms with van der Waals surface area (Å²) < 4.78 is 4.91. The van der Waals surface area contributed by atoms with Gasteiger partial charge in [-0.15, -0.1) is 0 Å². The van der Waals surface area contributed by atoms with Gasteiger partial charge in [0.15, 0.2) is 0 Å². The molecule has 0 aromatic heterocycles. The van der Waals surface area contributed by atoms with Crippen molar-refractivity contribution in [3.05, 3.63) is 0 Å². The number of aliphatic hydroxyl groups is 4. The molecule has 1 aliphatic heterocycles. The van der Waals surface area contributed by atoms with Crippen molar-refractivity contribution in [2.45, 2.75) is 30.6 Å². The van der Waals surface area contributed by atoms with Crippen LogP contribution >= 0.6 is 0 Å². The number of carboxylic acids is 1. The Kier molecular flexibility index (Phi) is 4.59. The van der Waals surface area contributed by atoms with E-state index in [0.29, 0.717) is 0 Å². The molecule has 0 aliphatic carbocycles. The third-order valence-electron chi connectivity index (χ3n) is 2.35. The van der Waals surface area contributed by atoms with Gasteiger partial charge >= 0.3 is 5.97 Å². The van der Waals surface area contributed by atoms with Crippen molar-refractivity contribution < 1.29 is 35.1 Å². The van der Waals surface area contributed by atoms with Crippen molar-refractivity contribution in [1.29, 1.82) is 0 Å². The predicted octanol–water partition coefficient (Wildman–Crippen LogP) is -3.54. The van der Waals surface area contributed by atoms with Gasteiger partial charge in [0.25, 0.3) is 0 Å². The first-order valence-corrected chi connectivity index (χ1v) is 4.73. The molecule has 1 aliphatic rings. The van der Waals surface area contributed by atoms with Crippen LogP contribution in [-0.4, -0.2) is 75.3 Å². The van der Waals surface area contributed by atoms with E-state index in [1.165, 1.54) is 0 Å². The molecule has 94 valence electrons. The van der Waals surface area contributed by atoms with Gasteiger partial charge in [-0.25, -0.2) is 0 Å². The Balaban J connectivity index is 2.57. The van der Waals surface area contributed by atoms with E-state index in [9.17, 15) is 15.0 Å². The van der Waals surface area contributed by atoms with Gasteiger partial charge in [0.05, 0.1) is 13.2 Å². The quantitative estimate of drug-likeness (QED) is 0.295. The fourth-order valence-corrected chi connectivity index (χ4v) is 1.35. The third-order valence-corrected chi connectivity index (χ3v) is 2.35. The molecule has 1 rings (SSSR count). The summed E-state index contributed by atoms with van der Waals surface area (Å²) in [4.78, 5) is 10.6. The number of aliphatic carboxylic acids is 1. The van der Waals surface area contributed by atoms with Crippen molar-refractivity contribution in [2.75, 3.05) is 13.2 Å². The van der Waals surface area contributed by atoms with Gasteiger partial charge in [-0.3, -0.25) is 10.1 Å². The smallest absolute Gasteiger partial charge is 0.323 e. The van der Waals surface area contributed by atoms with E-state index in [1.54, 1.807) is 0 Å². The first kappa shape index (κ1) is 13.3. The van der Waals surface area contributed by atoms with Gasteiger partial charge in [-0.2, -0.15) is 0 Å². The van der Waals surface area contributed by atoms with E-state index in [0.717, 1.165) is 0 Å². The maximum atomic E-state index is 10.6. The molecule has 0 saturated carbocycles. The van der Waals surface area contributed by atoms with Crippen molar-refractivity contribution in [2.24, 2.45) is 0 Å². The van der Waals surface area contributed by atoms with E-state index in [2.05, 4.69) is 5.32 Å². The van der Waals surface area contributed by atoms with Gasteiger partial charge in [0, 0.05) is 0 Å². The maximum Gasteiger partial charge on any atom is 0.323 e. The molecule has 8 heteroatoms. The zero-order valence-electron chi connectivity index (χ0n) is 8.35. The molecule has 0 aromatic rings. The molecule has 1 saturated heterocycles. The highest BCUT2D eigenvalue weighted by molar-refractivity contribution is 5.73. The number of rotatable bonds is 4. The lowest BCUT2D eigenvalue weighted by Gasteiger charge is -2.36. The molecule has 0 bridgehead atoms. The van der Waals surface area contributed by atoms with E-state index < -0.39 is 43.2 Å². The molecule has 0 radical (unpaired) electrons. The van der Waals surface area contributed by atoms with E-state index in [1.807, 2.05) is 0 Å². The van der Waals surface area contributed by atoms with Gasteiger partial charge in [-0.05, 0) is 0 Å². The topological polar surface area (TPSA) is 139 Å². The lowest BCUT2D eigenvalue weighted by molar-refractivity contribution is -0.199. The third kappa shape index (κ3) is 2.88. The number of hydrogen-bond donors (Lipinski definition) is 6. The van der Waals surface area contributed by atoms with Gasteiger partial charge in [-0.1, -0.05) is 0 Å². The second-order valence-corrected chi connectivity index (χ2v) is 3.54. The molecule has 5 atom stereocenters. The number of hydrogen-bond acceptors (Lipinski definition) is 7. The Morgan fingerprint density at radius 3 is 2.50 bits per heavy atom. The normalized spacial score (nSPS) is 37.0. The summed E-state index contributed by atoms with van der Waals surface area (Å²) in [6, 6.07) is -1.30. The van der Waals surface area contributed by atoms with Crippen molar-refractivity contribution >= 4 is 5.97 Å². The van der Waals surface area contributed by atoms with E-state index in [-0.39, 0.29) is 6.61 Å². The van der Waals surface area contributed by atoms with Crippen LogP contribution in [0.15, 0.2) is 0 Å². The maximum absolute atomic E-state index is 10.6. The van der Waals surface area contributed by atoms with Crippen LogP contribution in [0.2, 0.25) is 0 Å². The van der Waals surface area contributed by atoms with Crippen LogP contribution < -0.4 is 5.32 Å². The number of aliphatic hydroxyl groups excluding tert-OH is 4. The van der Waals surface area contributed by atoms with E-state index in [4.69, 9.17) is 20.1 Å². The highest BCUT2D eigenvalue weighted by Crippen LogP contribution is 2.14. The Bertz CT molecular complexity index is 249. The molecular formula is C8H15NO7. The molecule has 1 unspecified atom stereocenters. The van der Waals surface area contributed by atoms with Gasteiger partial charge < -0.3 is 30.3 Å². The molecule has 0 aromatic carbocycles. The van der Waals surface area contributed by atoms with Crippen LogP contribution in [0.4, 0.5) is 0 Å². The highest BCUT2D eigenvalue weighted by Gasteiger charge is 2.39. The lowest BCUT2D eigenvalue weighted by atomic mass is 10.0. The average molecular weight is 237 g/mol. The predicted molar refractivity (Wildman–Crippen MR) is 49.4 cm³/mol. The van der Waals surface area contributed by atoms with E-state index >= 15 is 0 Å². The minimum Gasteiger partial charge on any atom is -0.480 e. The lowest BCUT2D eigenvalue weighted by Crippen LogP contribution is -2.61. The zero-order valence-corrected chi connectivity index (χ0v) is 8.35. The molecular weight excluding hydrogens is 222 g/mol. The van der Waals surface area contributed by atoms with Crippen LogP contribution in [-0.2, 0) is 9.53 Å². The standard InChI is InChI=1S/C8H15NO7/c10-1-3(8(14)15)9-7-6(13)5(12)4(11)2-16-7/h3-7,9-13H,1-2H2,(H,14,15)/t3-,4-,5-,6+,7?/m0/s1. The summed E-state index contributed by atoms with van der Waals surface area (Å²) in [6.07, 6.45) is -5.24. The second-order valence-electron chi connectivity index (χ2n) is 3.54. The highest BCUT2D eigenvalue weighted by atomic mass is 16.5. The van der Waals surface area contributed by atoms with Crippen LogP contribution in [0.5, 0.6) is 0 Å². The molecule has 1 heterocycles. The minimum absolute atomic E-state index is 0.229. The Hall–Kier alpha value is -0.770. The van der Waals surface area contributed by atoms with Crippen LogP contribution in [0.3, 0.4) is 0 Å². The van der Waals surface area contributed by atoms with Gasteiger partial charge in [0.1, 0.15) is 30.6 Å². The summed E-state index contributed by atoms with van der Waals surface area (Å²) >= 11 is 0. The Labute approximate surface area is 91.1 Å². The fraction of sp³-hybridized carbons (Fsp3) is 0.875. The number of ether oxygens (including phenoxy) is 1. The van der Waals surface area contributed by atoms with Gasteiger partial charge in [0.2, 0.25) is 0 Å². The monoisotopic (exact) mass is 237 g/mol. The molecule has 6 N–H and O–H groups in total. The van der Waals surface area contributed by atoms with Crippen LogP contribution in [0, 0.1) is 0 Å². The van der Waals surface area contributed by atoms with Crippen LogP contribution in [0.25, 0.3) is 0 Å². The molecule has 0 spiro atoms. The Morgan fingerprint density at radius 2 is 2.00 bits per heavy atom. The molecule has 1 fully saturated rings. The number of carboxylic acid groups (broad SMARTS) is 1. The number of carbonyl (C=O) groups is 1. The van der Waals surface area contributed by atoms with Crippen LogP contribution in [0.1, 0.15) is 0 Å². The summed E-state index contributed by atoms with van der Waals surface area (Å²) in [6.45, 7) is -0.909. The molecule has 0 amide bonds.